The molecule has 0 aromatic rings. The van der Waals surface area contributed by atoms with E-state index in [1.807, 2.05) is 0 Å². The molecule has 166 valence electrons. The molecule has 30 heavy (non-hydrogen) atoms. The number of hydrogen-bond acceptors (Lipinski definition) is 2. The van der Waals surface area contributed by atoms with Crippen molar-refractivity contribution in [1.82, 2.24) is 0 Å². The quantitative estimate of drug-likeness (QED) is 0.506. The summed E-state index contributed by atoms with van der Waals surface area (Å²) in [6.45, 7) is 14.2. The SMILES string of the molecule is C=C1C=C2C=CC3[C@H](CCC4(C)[C@]5(CCCC(C)C5)[C@@H](N)C[C@H](C)[C@@]34N)C2(C)CC1. The molecule has 5 aliphatic carbocycles. The monoisotopic (exact) mass is 408 g/mol. The Bertz CT molecular complexity index is 809. The minimum atomic E-state index is -0.164. The fourth-order valence-electron chi connectivity index (χ4n) is 9.61. The molecular formula is C28H44N2. The van der Waals surface area contributed by atoms with Gasteiger partial charge in [-0.05, 0) is 90.4 Å². The zero-order valence-corrected chi connectivity index (χ0v) is 19.8. The molecule has 1 spiro atoms. The number of nitrogens with two attached hydrogens (primary N) is 2. The fourth-order valence-corrected chi connectivity index (χ4v) is 9.61. The van der Waals surface area contributed by atoms with E-state index in [0.29, 0.717) is 23.8 Å². The Morgan fingerprint density at radius 3 is 2.60 bits per heavy atom. The van der Waals surface area contributed by atoms with Crippen LogP contribution in [0.15, 0.2) is 36.0 Å². The molecule has 5 aliphatic rings. The Morgan fingerprint density at radius 1 is 1.10 bits per heavy atom. The first-order chi connectivity index (χ1) is 14.1. The summed E-state index contributed by atoms with van der Waals surface area (Å²) in [5, 5.41) is 0. The first kappa shape index (κ1) is 21.0. The maximum absolute atomic E-state index is 7.77. The van der Waals surface area contributed by atoms with Crippen molar-refractivity contribution in [3.05, 3.63) is 36.0 Å². The molecule has 4 unspecified atom stereocenters. The molecule has 0 amide bonds. The molecule has 4 N–H and O–H groups in total. The van der Waals surface area contributed by atoms with E-state index in [1.165, 1.54) is 56.1 Å². The topological polar surface area (TPSA) is 52.0 Å². The van der Waals surface area contributed by atoms with Crippen LogP contribution in [-0.2, 0) is 0 Å². The van der Waals surface area contributed by atoms with E-state index in [2.05, 4.69) is 52.5 Å². The summed E-state index contributed by atoms with van der Waals surface area (Å²) in [6, 6.07) is 0.296. The molecule has 0 saturated heterocycles. The second kappa shape index (κ2) is 6.58. The van der Waals surface area contributed by atoms with E-state index >= 15 is 0 Å². The molecule has 5 rings (SSSR count). The third kappa shape index (κ3) is 2.39. The van der Waals surface area contributed by atoms with Gasteiger partial charge >= 0.3 is 0 Å². The largest absolute Gasteiger partial charge is 0.327 e. The van der Waals surface area contributed by atoms with Crippen LogP contribution in [0, 0.1) is 39.9 Å². The fraction of sp³-hybridized carbons (Fsp3) is 0.786. The Kier molecular flexibility index (Phi) is 4.61. The van der Waals surface area contributed by atoms with Gasteiger partial charge in [-0.1, -0.05) is 70.9 Å². The smallest absolute Gasteiger partial charge is 0.0307 e. The van der Waals surface area contributed by atoms with Crippen LogP contribution in [0.2, 0.25) is 0 Å². The highest BCUT2D eigenvalue weighted by molar-refractivity contribution is 5.43. The Morgan fingerprint density at radius 2 is 1.87 bits per heavy atom. The minimum absolute atomic E-state index is 0.118. The maximum Gasteiger partial charge on any atom is 0.0307 e. The van der Waals surface area contributed by atoms with Crippen molar-refractivity contribution in [2.45, 2.75) is 97.1 Å². The summed E-state index contributed by atoms with van der Waals surface area (Å²) >= 11 is 0. The van der Waals surface area contributed by atoms with E-state index in [9.17, 15) is 0 Å². The van der Waals surface area contributed by atoms with Crippen molar-refractivity contribution >= 4 is 0 Å². The van der Waals surface area contributed by atoms with Gasteiger partial charge in [0.25, 0.3) is 0 Å². The van der Waals surface area contributed by atoms with Gasteiger partial charge in [-0.25, -0.2) is 0 Å². The van der Waals surface area contributed by atoms with Gasteiger partial charge in [0.05, 0.1) is 0 Å². The predicted molar refractivity (Wildman–Crippen MR) is 127 cm³/mol. The molecule has 9 atom stereocenters. The van der Waals surface area contributed by atoms with E-state index in [1.54, 1.807) is 0 Å². The van der Waals surface area contributed by atoms with Crippen LogP contribution in [0.1, 0.15) is 85.5 Å². The van der Waals surface area contributed by atoms with Crippen LogP contribution < -0.4 is 11.5 Å². The summed E-state index contributed by atoms with van der Waals surface area (Å²) < 4.78 is 0. The molecule has 0 aromatic heterocycles. The average Bonchev–Trinajstić information content (AvgIpc) is 2.70. The van der Waals surface area contributed by atoms with Crippen LogP contribution in [0.3, 0.4) is 0 Å². The molecule has 0 aliphatic heterocycles. The molecule has 0 heterocycles. The highest BCUT2D eigenvalue weighted by Crippen LogP contribution is 2.71. The predicted octanol–water partition coefficient (Wildman–Crippen LogP) is 6.13. The lowest BCUT2D eigenvalue weighted by molar-refractivity contribution is -0.190. The van der Waals surface area contributed by atoms with Gasteiger partial charge in [-0.3, -0.25) is 0 Å². The number of rotatable bonds is 0. The highest BCUT2D eigenvalue weighted by Gasteiger charge is 2.71. The molecular weight excluding hydrogens is 364 g/mol. The van der Waals surface area contributed by atoms with E-state index < -0.39 is 0 Å². The zero-order chi connectivity index (χ0) is 21.5. The second-order valence-electron chi connectivity index (χ2n) is 12.6. The molecule has 3 saturated carbocycles. The molecule has 2 heteroatoms. The van der Waals surface area contributed by atoms with Crippen LogP contribution in [-0.4, -0.2) is 11.6 Å². The molecule has 2 nitrogen and oxygen atoms in total. The molecule has 0 radical (unpaired) electrons. The summed E-state index contributed by atoms with van der Waals surface area (Å²) in [7, 11) is 0. The maximum atomic E-state index is 7.77. The number of fused-ring (bicyclic) bond motifs is 6. The highest BCUT2D eigenvalue weighted by atomic mass is 14.9. The molecule has 3 fully saturated rings. The normalized spacial score (nSPS) is 55.5. The summed E-state index contributed by atoms with van der Waals surface area (Å²) in [4.78, 5) is 0. The van der Waals surface area contributed by atoms with Gasteiger partial charge in [-0.2, -0.15) is 0 Å². The lowest BCUT2D eigenvalue weighted by atomic mass is 9.33. The second-order valence-corrected chi connectivity index (χ2v) is 12.6. The number of allylic oxidation sites excluding steroid dienone is 4. The van der Waals surface area contributed by atoms with Crippen molar-refractivity contribution < 1.29 is 0 Å². The van der Waals surface area contributed by atoms with Crippen LogP contribution in [0.4, 0.5) is 0 Å². The lowest BCUT2D eigenvalue weighted by Gasteiger charge is -2.73. The van der Waals surface area contributed by atoms with Crippen molar-refractivity contribution in [1.29, 1.82) is 0 Å². The summed E-state index contributed by atoms with van der Waals surface area (Å²) in [5.74, 6) is 2.34. The van der Waals surface area contributed by atoms with Gasteiger partial charge in [-0.15, -0.1) is 0 Å². The van der Waals surface area contributed by atoms with E-state index in [0.717, 1.165) is 18.8 Å². The van der Waals surface area contributed by atoms with Gasteiger partial charge < -0.3 is 11.5 Å². The third-order valence-electron chi connectivity index (χ3n) is 11.4. The number of hydrogen-bond donors (Lipinski definition) is 2. The Labute approximate surface area is 184 Å². The minimum Gasteiger partial charge on any atom is -0.327 e. The van der Waals surface area contributed by atoms with Gasteiger partial charge in [0, 0.05) is 11.6 Å². The Balaban J connectivity index is 1.64. The van der Waals surface area contributed by atoms with Gasteiger partial charge in [0.15, 0.2) is 0 Å². The van der Waals surface area contributed by atoms with Crippen molar-refractivity contribution in [3.8, 4) is 0 Å². The van der Waals surface area contributed by atoms with E-state index in [4.69, 9.17) is 11.5 Å². The third-order valence-corrected chi connectivity index (χ3v) is 11.4. The first-order valence-electron chi connectivity index (χ1n) is 12.7. The van der Waals surface area contributed by atoms with Crippen LogP contribution >= 0.6 is 0 Å². The Hall–Kier alpha value is -0.860. The van der Waals surface area contributed by atoms with Crippen LogP contribution in [0.25, 0.3) is 0 Å². The van der Waals surface area contributed by atoms with Crippen molar-refractivity contribution in [3.63, 3.8) is 0 Å². The lowest BCUT2D eigenvalue weighted by Crippen LogP contribution is -2.78. The standard InChI is InChI=1S/C28H44N2/c1-18-10-13-25(4)21(15-18)8-9-23-22(25)11-14-26(5)27(12-6-7-19(2)17-27)24(29)16-20(3)28(23,26)30/h8-9,15,19-20,22-24H,1,6-7,10-14,16-17,29-30H2,2-5H3/t19?,20-,22-,23?,24-,25?,26?,27-,28+/m0/s1. The average molecular weight is 409 g/mol. The zero-order valence-electron chi connectivity index (χ0n) is 19.8. The van der Waals surface area contributed by atoms with Crippen LogP contribution in [0.5, 0.6) is 0 Å². The van der Waals surface area contributed by atoms with Crippen molar-refractivity contribution in [2.24, 2.45) is 51.4 Å². The molecule has 0 bridgehead atoms. The van der Waals surface area contributed by atoms with Gasteiger partial charge in [0.1, 0.15) is 0 Å². The summed E-state index contributed by atoms with van der Waals surface area (Å²) in [5.41, 5.74) is 18.1. The van der Waals surface area contributed by atoms with Crippen molar-refractivity contribution in [2.75, 3.05) is 0 Å². The van der Waals surface area contributed by atoms with E-state index in [-0.39, 0.29) is 21.8 Å². The van der Waals surface area contributed by atoms with Gasteiger partial charge in [0.2, 0.25) is 0 Å². The molecule has 0 aromatic carbocycles. The first-order valence-corrected chi connectivity index (χ1v) is 12.7. The summed E-state index contributed by atoms with van der Waals surface area (Å²) in [6.07, 6.45) is 18.6.